The van der Waals surface area contributed by atoms with Crippen LogP contribution in [-0.2, 0) is 4.74 Å². The van der Waals surface area contributed by atoms with Crippen molar-refractivity contribution in [2.75, 3.05) is 6.54 Å². The van der Waals surface area contributed by atoms with E-state index in [9.17, 15) is 0 Å². The van der Waals surface area contributed by atoms with Crippen LogP contribution in [-0.4, -0.2) is 24.3 Å². The highest BCUT2D eigenvalue weighted by Crippen LogP contribution is 2.27. The lowest BCUT2D eigenvalue weighted by molar-refractivity contribution is -0.102. The van der Waals surface area contributed by atoms with Crippen molar-refractivity contribution in [3.63, 3.8) is 0 Å². The predicted octanol–water partition coefficient (Wildman–Crippen LogP) is 3.50. The molecule has 0 amide bonds. The summed E-state index contributed by atoms with van der Waals surface area (Å²) in [6.07, 6.45) is 8.30. The molecule has 0 aliphatic heterocycles. The van der Waals surface area contributed by atoms with E-state index in [0.717, 1.165) is 0 Å². The summed E-state index contributed by atoms with van der Waals surface area (Å²) in [7, 11) is 0. The molecule has 0 unspecified atom stereocenters. The van der Waals surface area contributed by atoms with Crippen LogP contribution in [0.5, 0.6) is 0 Å². The van der Waals surface area contributed by atoms with Crippen molar-refractivity contribution in [1.82, 2.24) is 5.32 Å². The Morgan fingerprint density at radius 1 is 1.12 bits per heavy atom. The molecule has 0 aromatic rings. The van der Waals surface area contributed by atoms with E-state index in [1.165, 1.54) is 45.1 Å². The standard InChI is InChI=1S/C14H29NO/c1-5-6-7-8-9-15-12-10-13(11-12)16-14(2,3)4/h12-13,15H,5-11H2,1-4H3. The molecule has 0 spiro atoms. The normalized spacial score (nSPS) is 25.5. The van der Waals surface area contributed by atoms with Gasteiger partial charge in [0.25, 0.3) is 0 Å². The van der Waals surface area contributed by atoms with Gasteiger partial charge >= 0.3 is 0 Å². The van der Waals surface area contributed by atoms with Gasteiger partial charge in [0.15, 0.2) is 0 Å². The first kappa shape index (κ1) is 14.0. The monoisotopic (exact) mass is 227 g/mol. The average molecular weight is 227 g/mol. The highest BCUT2D eigenvalue weighted by atomic mass is 16.5. The Morgan fingerprint density at radius 2 is 1.81 bits per heavy atom. The van der Waals surface area contributed by atoms with E-state index in [2.05, 4.69) is 33.0 Å². The van der Waals surface area contributed by atoms with Crippen molar-refractivity contribution >= 4 is 0 Å². The van der Waals surface area contributed by atoms with Crippen LogP contribution in [0.1, 0.15) is 66.2 Å². The average Bonchev–Trinajstić information content (AvgIpc) is 2.11. The van der Waals surface area contributed by atoms with E-state index in [0.29, 0.717) is 12.1 Å². The van der Waals surface area contributed by atoms with Crippen LogP contribution in [0.4, 0.5) is 0 Å². The van der Waals surface area contributed by atoms with Gasteiger partial charge in [-0.1, -0.05) is 26.2 Å². The first-order valence-electron chi connectivity index (χ1n) is 6.92. The van der Waals surface area contributed by atoms with Crippen molar-refractivity contribution in [2.45, 2.75) is 84.0 Å². The summed E-state index contributed by atoms with van der Waals surface area (Å²) in [5.41, 5.74) is 0.0246. The summed E-state index contributed by atoms with van der Waals surface area (Å²) < 4.78 is 5.91. The number of nitrogens with one attached hydrogen (secondary N) is 1. The van der Waals surface area contributed by atoms with E-state index >= 15 is 0 Å². The largest absolute Gasteiger partial charge is 0.373 e. The first-order valence-corrected chi connectivity index (χ1v) is 6.92. The van der Waals surface area contributed by atoms with E-state index in [4.69, 9.17) is 4.74 Å². The molecular weight excluding hydrogens is 198 g/mol. The molecule has 0 radical (unpaired) electrons. The summed E-state index contributed by atoms with van der Waals surface area (Å²) in [4.78, 5) is 0. The van der Waals surface area contributed by atoms with Crippen LogP contribution in [0.2, 0.25) is 0 Å². The van der Waals surface area contributed by atoms with Gasteiger partial charge in [0.05, 0.1) is 11.7 Å². The van der Waals surface area contributed by atoms with Gasteiger partial charge in [-0.2, -0.15) is 0 Å². The Morgan fingerprint density at radius 3 is 2.38 bits per heavy atom. The fourth-order valence-electron chi connectivity index (χ4n) is 2.19. The number of hydrogen-bond donors (Lipinski definition) is 1. The van der Waals surface area contributed by atoms with Crippen LogP contribution < -0.4 is 5.32 Å². The minimum atomic E-state index is 0.0246. The van der Waals surface area contributed by atoms with Gasteiger partial charge in [-0.25, -0.2) is 0 Å². The summed E-state index contributed by atoms with van der Waals surface area (Å²) in [5, 5.41) is 3.61. The number of ether oxygens (including phenoxy) is 1. The second-order valence-corrected chi connectivity index (χ2v) is 6.04. The summed E-state index contributed by atoms with van der Waals surface area (Å²) in [6.45, 7) is 9.86. The van der Waals surface area contributed by atoms with Crippen molar-refractivity contribution < 1.29 is 4.74 Å². The molecule has 0 heterocycles. The van der Waals surface area contributed by atoms with Crippen LogP contribution in [0, 0.1) is 0 Å². The molecule has 1 aliphatic rings. The molecule has 2 heteroatoms. The van der Waals surface area contributed by atoms with E-state index < -0.39 is 0 Å². The van der Waals surface area contributed by atoms with Gasteiger partial charge in [-0.15, -0.1) is 0 Å². The Balaban J connectivity index is 1.92. The topological polar surface area (TPSA) is 21.3 Å². The predicted molar refractivity (Wildman–Crippen MR) is 69.8 cm³/mol. The van der Waals surface area contributed by atoms with E-state index in [1.807, 2.05) is 0 Å². The molecule has 1 saturated carbocycles. The molecule has 0 saturated heterocycles. The van der Waals surface area contributed by atoms with Crippen LogP contribution in [0.25, 0.3) is 0 Å². The van der Waals surface area contributed by atoms with Crippen molar-refractivity contribution in [3.05, 3.63) is 0 Å². The quantitative estimate of drug-likeness (QED) is 0.672. The molecule has 0 aromatic heterocycles. The van der Waals surface area contributed by atoms with Crippen LogP contribution in [0.15, 0.2) is 0 Å². The maximum absolute atomic E-state index is 5.91. The lowest BCUT2D eigenvalue weighted by Gasteiger charge is -2.39. The summed E-state index contributed by atoms with van der Waals surface area (Å²) in [5.74, 6) is 0. The molecular formula is C14H29NO. The van der Waals surface area contributed by atoms with Gasteiger partial charge in [0.1, 0.15) is 0 Å². The molecule has 0 aromatic carbocycles. The molecule has 1 N–H and O–H groups in total. The van der Waals surface area contributed by atoms with E-state index in [-0.39, 0.29) is 5.60 Å². The fraction of sp³-hybridized carbons (Fsp3) is 1.00. The zero-order chi connectivity index (χ0) is 12.0. The zero-order valence-corrected chi connectivity index (χ0v) is 11.5. The minimum Gasteiger partial charge on any atom is -0.373 e. The Bertz CT molecular complexity index is 180. The van der Waals surface area contributed by atoms with Crippen molar-refractivity contribution in [2.24, 2.45) is 0 Å². The van der Waals surface area contributed by atoms with Gasteiger partial charge in [0.2, 0.25) is 0 Å². The Hall–Kier alpha value is -0.0800. The van der Waals surface area contributed by atoms with Gasteiger partial charge in [-0.05, 0) is 46.6 Å². The number of rotatable bonds is 7. The molecule has 1 aliphatic carbocycles. The summed E-state index contributed by atoms with van der Waals surface area (Å²) >= 11 is 0. The fourth-order valence-corrected chi connectivity index (χ4v) is 2.19. The van der Waals surface area contributed by atoms with Gasteiger partial charge < -0.3 is 10.1 Å². The minimum absolute atomic E-state index is 0.0246. The van der Waals surface area contributed by atoms with Crippen LogP contribution in [0.3, 0.4) is 0 Å². The molecule has 16 heavy (non-hydrogen) atoms. The highest BCUT2D eigenvalue weighted by Gasteiger charge is 2.32. The molecule has 2 nitrogen and oxygen atoms in total. The molecule has 0 bridgehead atoms. The first-order chi connectivity index (χ1) is 7.51. The summed E-state index contributed by atoms with van der Waals surface area (Å²) in [6, 6.07) is 0.717. The Labute approximate surface area is 101 Å². The third kappa shape index (κ3) is 5.86. The van der Waals surface area contributed by atoms with Gasteiger partial charge in [0, 0.05) is 6.04 Å². The maximum Gasteiger partial charge on any atom is 0.0612 e. The van der Waals surface area contributed by atoms with Crippen molar-refractivity contribution in [1.29, 1.82) is 0 Å². The maximum atomic E-state index is 5.91. The number of hydrogen-bond acceptors (Lipinski definition) is 2. The lowest BCUT2D eigenvalue weighted by atomic mass is 9.88. The number of unbranched alkanes of at least 4 members (excludes halogenated alkanes) is 3. The lowest BCUT2D eigenvalue weighted by Crippen LogP contribution is -2.48. The molecule has 1 rings (SSSR count). The molecule has 0 atom stereocenters. The smallest absolute Gasteiger partial charge is 0.0612 e. The highest BCUT2D eigenvalue weighted by molar-refractivity contribution is 4.87. The Kier molecular flexibility index (Phi) is 5.77. The second-order valence-electron chi connectivity index (χ2n) is 6.04. The molecule has 1 fully saturated rings. The van der Waals surface area contributed by atoms with Gasteiger partial charge in [-0.3, -0.25) is 0 Å². The van der Waals surface area contributed by atoms with Crippen molar-refractivity contribution in [3.8, 4) is 0 Å². The SMILES string of the molecule is CCCCCCNC1CC(OC(C)(C)C)C1. The van der Waals surface area contributed by atoms with Crippen LogP contribution >= 0.6 is 0 Å². The zero-order valence-electron chi connectivity index (χ0n) is 11.5. The third-order valence-electron chi connectivity index (χ3n) is 3.08. The van der Waals surface area contributed by atoms with E-state index in [1.54, 1.807) is 0 Å². The second kappa shape index (κ2) is 6.61. The third-order valence-corrected chi connectivity index (χ3v) is 3.08. The molecule has 96 valence electrons.